The van der Waals surface area contributed by atoms with Gasteiger partial charge in [0, 0.05) is 11.1 Å². The zero-order chi connectivity index (χ0) is 20.1. The Morgan fingerprint density at radius 2 is 1.76 bits per heavy atom. The van der Waals surface area contributed by atoms with Crippen LogP contribution in [0.2, 0.25) is 0 Å². The normalized spacial score (nSPS) is 11.9. The van der Waals surface area contributed by atoms with Crippen LogP contribution in [0.5, 0.6) is 5.75 Å². The average Bonchev–Trinajstić information content (AvgIpc) is 3.18. The summed E-state index contributed by atoms with van der Waals surface area (Å²) in [5.74, 6) is 0.506. The lowest BCUT2D eigenvalue weighted by atomic mass is 10.1. The number of benzene rings is 3. The van der Waals surface area contributed by atoms with E-state index in [1.165, 1.54) is 23.5 Å². The number of hydrogen-bond acceptors (Lipinski definition) is 4. The standard InChI is InChI=1S/C23H18FN3OS/c1-28-21-12-10-18(11-13-21)22-16-29-23(27(22)20-8-3-2-4-9-20)26-25-15-17-6-5-7-19(24)14-17/h2-16H,1H3/b25-15+,26-23-. The van der Waals surface area contributed by atoms with Crippen LogP contribution in [0.15, 0.2) is 94.4 Å². The average molecular weight is 403 g/mol. The van der Waals surface area contributed by atoms with Crippen LogP contribution in [0, 0.1) is 5.82 Å². The van der Waals surface area contributed by atoms with Gasteiger partial charge in [-0.15, -0.1) is 16.4 Å². The first kappa shape index (κ1) is 18.8. The van der Waals surface area contributed by atoms with Gasteiger partial charge in [0.2, 0.25) is 4.80 Å². The molecule has 0 spiro atoms. The fraction of sp³-hybridized carbons (Fsp3) is 0.0435. The number of aromatic nitrogens is 1. The molecule has 0 fully saturated rings. The largest absolute Gasteiger partial charge is 0.497 e. The third kappa shape index (κ3) is 4.33. The molecule has 0 saturated heterocycles. The molecule has 4 aromatic rings. The van der Waals surface area contributed by atoms with Gasteiger partial charge in [-0.2, -0.15) is 5.10 Å². The van der Waals surface area contributed by atoms with Crippen LogP contribution < -0.4 is 9.54 Å². The first-order valence-corrected chi connectivity index (χ1v) is 9.85. The Morgan fingerprint density at radius 1 is 0.966 bits per heavy atom. The second-order valence-electron chi connectivity index (χ2n) is 6.20. The summed E-state index contributed by atoms with van der Waals surface area (Å²) >= 11 is 1.49. The Morgan fingerprint density at radius 3 is 2.48 bits per heavy atom. The molecule has 0 aliphatic heterocycles. The van der Waals surface area contributed by atoms with Gasteiger partial charge in [-0.3, -0.25) is 4.57 Å². The Bertz CT molecular complexity index is 1190. The van der Waals surface area contributed by atoms with Crippen LogP contribution in [0.3, 0.4) is 0 Å². The van der Waals surface area contributed by atoms with Crippen LogP contribution in [-0.4, -0.2) is 17.9 Å². The number of para-hydroxylation sites is 1. The van der Waals surface area contributed by atoms with Gasteiger partial charge >= 0.3 is 0 Å². The minimum atomic E-state index is -0.300. The van der Waals surface area contributed by atoms with E-state index in [-0.39, 0.29) is 5.82 Å². The highest BCUT2D eigenvalue weighted by Gasteiger charge is 2.10. The molecule has 1 heterocycles. The van der Waals surface area contributed by atoms with Crippen LogP contribution in [-0.2, 0) is 0 Å². The topological polar surface area (TPSA) is 38.9 Å². The van der Waals surface area contributed by atoms with Crippen LogP contribution in [0.1, 0.15) is 5.56 Å². The Kier molecular flexibility index (Phi) is 5.63. The quantitative estimate of drug-likeness (QED) is 0.330. The molecule has 0 bridgehead atoms. The highest BCUT2D eigenvalue weighted by Crippen LogP contribution is 2.25. The van der Waals surface area contributed by atoms with E-state index in [1.807, 2.05) is 60.0 Å². The number of thiazole rings is 1. The molecule has 0 aliphatic carbocycles. The highest BCUT2D eigenvalue weighted by molar-refractivity contribution is 7.07. The van der Waals surface area contributed by atoms with E-state index in [0.717, 1.165) is 27.5 Å². The smallest absolute Gasteiger partial charge is 0.215 e. The van der Waals surface area contributed by atoms with Gasteiger partial charge in [-0.1, -0.05) is 30.3 Å². The first-order valence-electron chi connectivity index (χ1n) is 8.97. The number of nitrogens with zero attached hydrogens (tertiary/aromatic N) is 3. The lowest BCUT2D eigenvalue weighted by Gasteiger charge is -2.09. The number of rotatable bonds is 5. The van der Waals surface area contributed by atoms with Crippen molar-refractivity contribution in [2.75, 3.05) is 7.11 Å². The van der Waals surface area contributed by atoms with Gasteiger partial charge in [0.05, 0.1) is 19.0 Å². The summed E-state index contributed by atoms with van der Waals surface area (Å²) in [4.78, 5) is 0.717. The fourth-order valence-electron chi connectivity index (χ4n) is 2.90. The lowest BCUT2D eigenvalue weighted by Crippen LogP contribution is -2.13. The molecule has 0 radical (unpaired) electrons. The third-order valence-corrected chi connectivity index (χ3v) is 5.12. The molecular weight excluding hydrogens is 385 g/mol. The Labute approximate surface area is 171 Å². The van der Waals surface area contributed by atoms with Gasteiger partial charge in [0.1, 0.15) is 11.6 Å². The Balaban J connectivity index is 1.79. The number of methoxy groups -OCH3 is 1. The van der Waals surface area contributed by atoms with Crippen molar-refractivity contribution >= 4 is 17.6 Å². The van der Waals surface area contributed by atoms with E-state index in [0.29, 0.717) is 5.56 Å². The summed E-state index contributed by atoms with van der Waals surface area (Å²) in [5, 5.41) is 10.6. The molecule has 0 unspecified atom stereocenters. The van der Waals surface area contributed by atoms with Crippen molar-refractivity contribution < 1.29 is 9.13 Å². The van der Waals surface area contributed by atoms with Gasteiger partial charge in [0.25, 0.3) is 0 Å². The molecule has 0 saturated carbocycles. The van der Waals surface area contributed by atoms with E-state index in [2.05, 4.69) is 14.8 Å². The molecule has 4 nitrogen and oxygen atoms in total. The molecule has 6 heteroatoms. The second kappa shape index (κ2) is 8.67. The lowest BCUT2D eigenvalue weighted by molar-refractivity contribution is 0.415. The molecule has 0 aliphatic rings. The zero-order valence-corrected chi connectivity index (χ0v) is 16.5. The number of ether oxygens (including phenoxy) is 1. The van der Waals surface area contributed by atoms with Gasteiger partial charge < -0.3 is 4.74 Å². The van der Waals surface area contributed by atoms with Crippen molar-refractivity contribution in [2.45, 2.75) is 0 Å². The molecule has 144 valence electrons. The second-order valence-corrected chi connectivity index (χ2v) is 7.04. The Hall–Kier alpha value is -3.51. The van der Waals surface area contributed by atoms with Gasteiger partial charge in [0.15, 0.2) is 0 Å². The minimum Gasteiger partial charge on any atom is -0.497 e. The minimum absolute atomic E-state index is 0.300. The predicted octanol–water partition coefficient (Wildman–Crippen LogP) is 5.29. The molecular formula is C23H18FN3OS. The maximum atomic E-state index is 13.3. The zero-order valence-electron chi connectivity index (χ0n) is 15.7. The molecule has 0 N–H and O–H groups in total. The van der Waals surface area contributed by atoms with Crippen molar-refractivity contribution in [1.82, 2.24) is 4.57 Å². The SMILES string of the molecule is COc1ccc(-c2cs/c(=N\N=C\c3cccc(F)c3)n2-c2ccccc2)cc1. The van der Waals surface area contributed by atoms with Gasteiger partial charge in [-0.05, 0) is 59.7 Å². The summed E-state index contributed by atoms with van der Waals surface area (Å²) in [6.07, 6.45) is 1.55. The van der Waals surface area contributed by atoms with E-state index >= 15 is 0 Å². The highest BCUT2D eigenvalue weighted by atomic mass is 32.1. The van der Waals surface area contributed by atoms with E-state index in [9.17, 15) is 4.39 Å². The van der Waals surface area contributed by atoms with E-state index < -0.39 is 0 Å². The number of halogens is 1. The summed E-state index contributed by atoms with van der Waals surface area (Å²) in [6, 6.07) is 24.1. The van der Waals surface area contributed by atoms with Crippen molar-refractivity contribution in [3.63, 3.8) is 0 Å². The molecule has 1 aromatic heterocycles. The number of hydrogen-bond donors (Lipinski definition) is 0. The van der Waals surface area contributed by atoms with Crippen molar-refractivity contribution in [3.8, 4) is 22.7 Å². The summed E-state index contributed by atoms with van der Waals surface area (Å²) in [7, 11) is 1.65. The third-order valence-electron chi connectivity index (χ3n) is 4.31. The molecule has 0 atom stereocenters. The predicted molar refractivity (Wildman–Crippen MR) is 115 cm³/mol. The van der Waals surface area contributed by atoms with Crippen LogP contribution in [0.4, 0.5) is 4.39 Å². The van der Waals surface area contributed by atoms with E-state index in [4.69, 9.17) is 4.74 Å². The molecule has 0 amide bonds. The van der Waals surface area contributed by atoms with Crippen molar-refractivity contribution in [3.05, 3.63) is 100 Å². The van der Waals surface area contributed by atoms with Crippen molar-refractivity contribution in [1.29, 1.82) is 0 Å². The molecule has 4 rings (SSSR count). The summed E-state index contributed by atoms with van der Waals surface area (Å²) < 4.78 is 20.7. The summed E-state index contributed by atoms with van der Waals surface area (Å²) in [5.41, 5.74) is 3.69. The van der Waals surface area contributed by atoms with E-state index in [1.54, 1.807) is 25.5 Å². The fourth-order valence-corrected chi connectivity index (χ4v) is 3.76. The maximum absolute atomic E-state index is 13.3. The molecule has 3 aromatic carbocycles. The van der Waals surface area contributed by atoms with Crippen molar-refractivity contribution in [2.24, 2.45) is 10.2 Å². The molecule has 29 heavy (non-hydrogen) atoms. The maximum Gasteiger partial charge on any atom is 0.215 e. The summed E-state index contributed by atoms with van der Waals surface area (Å²) in [6.45, 7) is 0. The monoisotopic (exact) mass is 403 g/mol. The van der Waals surface area contributed by atoms with Gasteiger partial charge in [-0.25, -0.2) is 4.39 Å². The first-order chi connectivity index (χ1) is 14.2. The van der Waals surface area contributed by atoms with Crippen LogP contribution in [0.25, 0.3) is 16.9 Å². The van der Waals surface area contributed by atoms with Crippen LogP contribution >= 0.6 is 11.3 Å².